The Morgan fingerprint density at radius 3 is 2.48 bits per heavy atom. The SMILES string of the molecule is CN1CCC(CNC(=O)c2ccc(C(N)=NO)cc2)CC1. The van der Waals surface area contributed by atoms with Gasteiger partial charge in [0.2, 0.25) is 0 Å². The maximum absolute atomic E-state index is 12.1. The second kappa shape index (κ2) is 7.08. The number of likely N-dealkylation sites (tertiary alicyclic amines) is 1. The zero-order valence-corrected chi connectivity index (χ0v) is 12.2. The Morgan fingerprint density at radius 2 is 1.90 bits per heavy atom. The molecule has 0 unspecified atom stereocenters. The summed E-state index contributed by atoms with van der Waals surface area (Å²) in [5.74, 6) is 0.509. The molecule has 1 aromatic carbocycles. The van der Waals surface area contributed by atoms with Crippen LogP contribution in [-0.4, -0.2) is 48.5 Å². The molecule has 0 bridgehead atoms. The quantitative estimate of drug-likeness (QED) is 0.332. The van der Waals surface area contributed by atoms with Crippen molar-refractivity contribution in [2.75, 3.05) is 26.7 Å². The molecule has 1 fully saturated rings. The highest BCUT2D eigenvalue weighted by Gasteiger charge is 2.17. The maximum atomic E-state index is 12.1. The van der Waals surface area contributed by atoms with Gasteiger partial charge in [0, 0.05) is 17.7 Å². The second-order valence-corrected chi connectivity index (χ2v) is 5.52. The summed E-state index contributed by atoms with van der Waals surface area (Å²) in [6.07, 6.45) is 2.25. The van der Waals surface area contributed by atoms with Gasteiger partial charge in [0.05, 0.1) is 0 Å². The molecule has 1 aliphatic heterocycles. The molecule has 6 nitrogen and oxygen atoms in total. The number of benzene rings is 1. The lowest BCUT2D eigenvalue weighted by Gasteiger charge is -2.28. The molecule has 0 radical (unpaired) electrons. The lowest BCUT2D eigenvalue weighted by Crippen LogP contribution is -2.36. The molecule has 1 aromatic rings. The molecule has 114 valence electrons. The van der Waals surface area contributed by atoms with E-state index in [1.807, 2.05) is 0 Å². The maximum Gasteiger partial charge on any atom is 0.251 e. The highest BCUT2D eigenvalue weighted by molar-refractivity contribution is 5.99. The average Bonchev–Trinajstić information content (AvgIpc) is 2.53. The molecule has 21 heavy (non-hydrogen) atoms. The van der Waals surface area contributed by atoms with Gasteiger partial charge in [-0.15, -0.1) is 0 Å². The van der Waals surface area contributed by atoms with Gasteiger partial charge in [0.1, 0.15) is 0 Å². The van der Waals surface area contributed by atoms with Gasteiger partial charge in [-0.1, -0.05) is 17.3 Å². The minimum Gasteiger partial charge on any atom is -0.409 e. The molecule has 1 saturated heterocycles. The number of nitrogens with zero attached hydrogens (tertiary/aromatic N) is 2. The summed E-state index contributed by atoms with van der Waals surface area (Å²) in [5.41, 5.74) is 6.65. The summed E-state index contributed by atoms with van der Waals surface area (Å²) in [6, 6.07) is 6.69. The minimum atomic E-state index is -0.0833. The van der Waals surface area contributed by atoms with Crippen LogP contribution in [0.1, 0.15) is 28.8 Å². The molecule has 0 aliphatic carbocycles. The summed E-state index contributed by atoms with van der Waals surface area (Å²) < 4.78 is 0. The van der Waals surface area contributed by atoms with Crippen molar-refractivity contribution < 1.29 is 10.0 Å². The summed E-state index contributed by atoms with van der Waals surface area (Å²) in [5, 5.41) is 14.5. The Morgan fingerprint density at radius 1 is 1.33 bits per heavy atom. The Bertz CT molecular complexity index is 505. The molecular weight excluding hydrogens is 268 g/mol. The van der Waals surface area contributed by atoms with Crippen molar-refractivity contribution in [2.45, 2.75) is 12.8 Å². The zero-order valence-electron chi connectivity index (χ0n) is 12.2. The van der Waals surface area contributed by atoms with Gasteiger partial charge in [-0.3, -0.25) is 4.79 Å². The number of piperidine rings is 1. The molecule has 1 amide bonds. The number of hydrogen-bond donors (Lipinski definition) is 3. The first kappa shape index (κ1) is 15.3. The van der Waals surface area contributed by atoms with E-state index in [1.54, 1.807) is 24.3 Å². The number of amidine groups is 1. The lowest BCUT2D eigenvalue weighted by molar-refractivity contribution is 0.0939. The predicted molar refractivity (Wildman–Crippen MR) is 81.5 cm³/mol. The van der Waals surface area contributed by atoms with Crippen molar-refractivity contribution in [3.63, 3.8) is 0 Å². The molecule has 6 heteroatoms. The van der Waals surface area contributed by atoms with E-state index in [-0.39, 0.29) is 11.7 Å². The van der Waals surface area contributed by atoms with Crippen molar-refractivity contribution in [3.8, 4) is 0 Å². The summed E-state index contributed by atoms with van der Waals surface area (Å²) in [6.45, 7) is 2.90. The number of amides is 1. The molecule has 0 atom stereocenters. The van der Waals surface area contributed by atoms with Crippen LogP contribution in [0.3, 0.4) is 0 Å². The highest BCUT2D eigenvalue weighted by Crippen LogP contribution is 2.15. The van der Waals surface area contributed by atoms with Crippen molar-refractivity contribution in [2.24, 2.45) is 16.8 Å². The van der Waals surface area contributed by atoms with Crippen LogP contribution in [0.15, 0.2) is 29.4 Å². The van der Waals surface area contributed by atoms with Crippen molar-refractivity contribution >= 4 is 11.7 Å². The Labute approximate surface area is 124 Å². The van der Waals surface area contributed by atoms with E-state index >= 15 is 0 Å². The first-order valence-corrected chi connectivity index (χ1v) is 7.15. The third kappa shape index (κ3) is 4.19. The van der Waals surface area contributed by atoms with Crippen molar-refractivity contribution in [3.05, 3.63) is 35.4 Å². The highest BCUT2D eigenvalue weighted by atomic mass is 16.4. The molecule has 1 aliphatic rings. The molecular formula is C15H22N4O2. The predicted octanol–water partition coefficient (Wildman–Crippen LogP) is 0.853. The lowest BCUT2D eigenvalue weighted by atomic mass is 9.97. The smallest absolute Gasteiger partial charge is 0.251 e. The zero-order chi connectivity index (χ0) is 15.2. The Kier molecular flexibility index (Phi) is 5.16. The third-order valence-electron chi connectivity index (χ3n) is 3.94. The van der Waals surface area contributed by atoms with E-state index in [1.165, 1.54) is 0 Å². The normalized spacial score (nSPS) is 17.7. The Balaban J connectivity index is 1.86. The van der Waals surface area contributed by atoms with Gasteiger partial charge in [-0.2, -0.15) is 0 Å². The van der Waals surface area contributed by atoms with Crippen LogP contribution in [0.4, 0.5) is 0 Å². The number of rotatable bonds is 4. The fraction of sp³-hybridized carbons (Fsp3) is 0.467. The fourth-order valence-electron chi connectivity index (χ4n) is 2.46. The van der Waals surface area contributed by atoms with E-state index < -0.39 is 0 Å². The van der Waals surface area contributed by atoms with Crippen molar-refractivity contribution in [1.82, 2.24) is 10.2 Å². The topological polar surface area (TPSA) is 91.0 Å². The molecule has 4 N–H and O–H groups in total. The van der Waals surface area contributed by atoms with Gasteiger partial charge < -0.3 is 21.2 Å². The summed E-state index contributed by atoms with van der Waals surface area (Å²) in [7, 11) is 2.12. The minimum absolute atomic E-state index is 0.0354. The molecule has 1 heterocycles. The van der Waals surface area contributed by atoms with Gasteiger partial charge >= 0.3 is 0 Å². The largest absolute Gasteiger partial charge is 0.409 e. The van der Waals surface area contributed by atoms with Crippen LogP contribution >= 0.6 is 0 Å². The third-order valence-corrected chi connectivity index (χ3v) is 3.94. The van der Waals surface area contributed by atoms with E-state index in [2.05, 4.69) is 22.4 Å². The monoisotopic (exact) mass is 290 g/mol. The van der Waals surface area contributed by atoms with E-state index in [4.69, 9.17) is 10.9 Å². The average molecular weight is 290 g/mol. The fourth-order valence-corrected chi connectivity index (χ4v) is 2.46. The number of carbonyl (C=O) groups is 1. The van der Waals surface area contributed by atoms with E-state index in [0.29, 0.717) is 23.6 Å². The van der Waals surface area contributed by atoms with Crippen LogP contribution in [0.25, 0.3) is 0 Å². The first-order chi connectivity index (χ1) is 10.1. The molecule has 0 saturated carbocycles. The first-order valence-electron chi connectivity index (χ1n) is 7.15. The molecule has 0 spiro atoms. The Hall–Kier alpha value is -2.08. The van der Waals surface area contributed by atoms with Crippen LogP contribution in [-0.2, 0) is 0 Å². The van der Waals surface area contributed by atoms with Crippen molar-refractivity contribution in [1.29, 1.82) is 0 Å². The number of oxime groups is 1. The number of carbonyl (C=O) groups excluding carboxylic acids is 1. The van der Waals surface area contributed by atoms with Gasteiger partial charge in [-0.25, -0.2) is 0 Å². The van der Waals surface area contributed by atoms with Crippen LogP contribution in [0, 0.1) is 5.92 Å². The van der Waals surface area contributed by atoms with Gasteiger partial charge in [-0.05, 0) is 51.0 Å². The van der Waals surface area contributed by atoms with E-state index in [0.717, 1.165) is 25.9 Å². The molecule has 2 rings (SSSR count). The van der Waals surface area contributed by atoms with Crippen LogP contribution in [0.2, 0.25) is 0 Å². The van der Waals surface area contributed by atoms with Gasteiger partial charge in [0.25, 0.3) is 5.91 Å². The number of nitrogens with one attached hydrogen (secondary N) is 1. The van der Waals surface area contributed by atoms with E-state index in [9.17, 15) is 4.79 Å². The van der Waals surface area contributed by atoms with Gasteiger partial charge in [0.15, 0.2) is 5.84 Å². The standard InChI is InChI=1S/C15H22N4O2/c1-19-8-6-11(7-9-19)10-17-15(20)13-4-2-12(3-5-13)14(16)18-21/h2-5,11,21H,6-10H2,1H3,(H2,16,18)(H,17,20). The molecule has 0 aromatic heterocycles. The van der Waals surface area contributed by atoms with Crippen LogP contribution in [0.5, 0.6) is 0 Å². The summed E-state index contributed by atoms with van der Waals surface area (Å²) >= 11 is 0. The summed E-state index contributed by atoms with van der Waals surface area (Å²) in [4.78, 5) is 14.4. The second-order valence-electron chi connectivity index (χ2n) is 5.52. The number of hydrogen-bond acceptors (Lipinski definition) is 4. The van der Waals surface area contributed by atoms with Crippen LogP contribution < -0.4 is 11.1 Å². The number of nitrogens with two attached hydrogens (primary N) is 1.